The van der Waals surface area contributed by atoms with Crippen LogP contribution >= 0.6 is 0 Å². The van der Waals surface area contributed by atoms with E-state index in [1.807, 2.05) is 42.5 Å². The van der Waals surface area contributed by atoms with E-state index in [0.717, 1.165) is 51.5 Å². The summed E-state index contributed by atoms with van der Waals surface area (Å²) in [4.78, 5) is 33.7. The zero-order chi connectivity index (χ0) is 21.6. The van der Waals surface area contributed by atoms with Crippen LogP contribution in [-0.4, -0.2) is 85.9 Å². The van der Waals surface area contributed by atoms with Crippen LogP contribution in [0.15, 0.2) is 54.6 Å². The molecule has 2 aliphatic heterocycles. The third-order valence-corrected chi connectivity index (χ3v) is 6.10. The second kappa shape index (κ2) is 9.94. The van der Waals surface area contributed by atoms with Crippen molar-refractivity contribution in [3.63, 3.8) is 0 Å². The lowest BCUT2D eigenvalue weighted by Gasteiger charge is -2.34. The molecular weight excluding hydrogens is 390 g/mol. The molecule has 0 atom stereocenters. The molecule has 0 saturated carbocycles. The van der Waals surface area contributed by atoms with E-state index in [2.05, 4.69) is 39.2 Å². The largest absolute Gasteiger partial charge is 0.369 e. The minimum absolute atomic E-state index is 0.456. The number of anilines is 2. The van der Waals surface area contributed by atoms with Gasteiger partial charge in [-0.2, -0.15) is 0 Å². The molecule has 2 saturated heterocycles. The Hall–Kier alpha value is -2.90. The molecule has 2 aromatic carbocycles. The summed E-state index contributed by atoms with van der Waals surface area (Å²) < 4.78 is 0. The van der Waals surface area contributed by atoms with Crippen molar-refractivity contribution < 1.29 is 9.59 Å². The standard InChI is InChI=1S/C24H31N5O2/c1-26-11-15-28(16-12-26)22-9-7-21(8-10-22)25-23(30)24(31)29-17-13-27(14-18-29)19-20-5-3-2-4-6-20/h2-10H,11-19H2,1H3,(H,25,30). The monoisotopic (exact) mass is 421 g/mol. The maximum absolute atomic E-state index is 12.6. The summed E-state index contributed by atoms with van der Waals surface area (Å²) in [5.74, 6) is -1.02. The first-order valence-electron chi connectivity index (χ1n) is 11.0. The van der Waals surface area contributed by atoms with Gasteiger partial charge < -0.3 is 20.0 Å². The van der Waals surface area contributed by atoms with Crippen LogP contribution < -0.4 is 10.2 Å². The number of benzene rings is 2. The number of hydrogen-bond acceptors (Lipinski definition) is 5. The lowest BCUT2D eigenvalue weighted by atomic mass is 10.2. The van der Waals surface area contributed by atoms with Gasteiger partial charge in [0.25, 0.3) is 0 Å². The molecule has 31 heavy (non-hydrogen) atoms. The fourth-order valence-electron chi connectivity index (χ4n) is 4.10. The zero-order valence-electron chi connectivity index (χ0n) is 18.2. The first kappa shape index (κ1) is 21.3. The molecule has 164 valence electrons. The van der Waals surface area contributed by atoms with Gasteiger partial charge in [-0.05, 0) is 36.9 Å². The highest BCUT2D eigenvalue weighted by atomic mass is 16.2. The Morgan fingerprint density at radius 1 is 0.806 bits per heavy atom. The summed E-state index contributed by atoms with van der Waals surface area (Å²) in [7, 11) is 2.14. The molecule has 0 bridgehead atoms. The Labute approximate surface area is 184 Å². The summed E-state index contributed by atoms with van der Waals surface area (Å²) in [6.45, 7) is 7.64. The molecule has 0 aromatic heterocycles. The molecule has 0 spiro atoms. The summed E-state index contributed by atoms with van der Waals surface area (Å²) >= 11 is 0. The number of likely N-dealkylation sites (N-methyl/N-ethyl adjacent to an activating group) is 1. The molecule has 2 heterocycles. The van der Waals surface area contributed by atoms with E-state index in [4.69, 9.17) is 0 Å². The van der Waals surface area contributed by atoms with E-state index in [1.165, 1.54) is 5.56 Å². The van der Waals surface area contributed by atoms with Crippen molar-refractivity contribution in [1.82, 2.24) is 14.7 Å². The van der Waals surface area contributed by atoms with E-state index in [0.29, 0.717) is 18.8 Å². The Bertz CT molecular complexity index is 871. The molecule has 0 unspecified atom stereocenters. The highest BCUT2D eigenvalue weighted by molar-refractivity contribution is 6.39. The lowest BCUT2D eigenvalue weighted by molar-refractivity contribution is -0.144. The molecule has 0 aliphatic carbocycles. The van der Waals surface area contributed by atoms with E-state index < -0.39 is 11.8 Å². The molecule has 2 aromatic rings. The van der Waals surface area contributed by atoms with Crippen molar-refractivity contribution in [2.24, 2.45) is 0 Å². The SMILES string of the molecule is CN1CCN(c2ccc(NC(=O)C(=O)N3CCN(Cc4ccccc4)CC3)cc2)CC1. The maximum atomic E-state index is 12.6. The number of carbonyl (C=O) groups is 2. The Morgan fingerprint density at radius 3 is 2.10 bits per heavy atom. The number of nitrogens with one attached hydrogen (secondary N) is 1. The summed E-state index contributed by atoms with van der Waals surface area (Å²) in [5.41, 5.74) is 3.06. The highest BCUT2D eigenvalue weighted by Gasteiger charge is 2.26. The summed E-state index contributed by atoms with van der Waals surface area (Å²) in [6, 6.07) is 18.1. The minimum atomic E-state index is -0.566. The minimum Gasteiger partial charge on any atom is -0.369 e. The van der Waals surface area contributed by atoms with Gasteiger partial charge in [-0.15, -0.1) is 0 Å². The van der Waals surface area contributed by atoms with Crippen molar-refractivity contribution in [1.29, 1.82) is 0 Å². The number of carbonyl (C=O) groups excluding carboxylic acids is 2. The van der Waals surface area contributed by atoms with Gasteiger partial charge in [-0.1, -0.05) is 30.3 Å². The highest BCUT2D eigenvalue weighted by Crippen LogP contribution is 2.19. The summed E-state index contributed by atoms with van der Waals surface area (Å²) in [6.07, 6.45) is 0. The van der Waals surface area contributed by atoms with Gasteiger partial charge in [0, 0.05) is 70.3 Å². The number of rotatable bonds is 4. The predicted octanol–water partition coefficient (Wildman–Crippen LogP) is 1.72. The van der Waals surface area contributed by atoms with Gasteiger partial charge in [0.15, 0.2) is 0 Å². The fraction of sp³-hybridized carbons (Fsp3) is 0.417. The van der Waals surface area contributed by atoms with E-state index in [9.17, 15) is 9.59 Å². The predicted molar refractivity (Wildman–Crippen MR) is 123 cm³/mol. The first-order valence-corrected chi connectivity index (χ1v) is 11.0. The molecular formula is C24H31N5O2. The molecule has 7 heteroatoms. The normalized spacial score (nSPS) is 18.1. The summed E-state index contributed by atoms with van der Waals surface area (Å²) in [5, 5.41) is 2.76. The fourth-order valence-corrected chi connectivity index (χ4v) is 4.10. The van der Waals surface area contributed by atoms with Gasteiger partial charge in [-0.3, -0.25) is 14.5 Å². The average molecular weight is 422 g/mol. The molecule has 2 aliphatic rings. The van der Waals surface area contributed by atoms with Crippen molar-refractivity contribution in [2.45, 2.75) is 6.54 Å². The van der Waals surface area contributed by atoms with Crippen LogP contribution in [0.5, 0.6) is 0 Å². The van der Waals surface area contributed by atoms with Crippen molar-refractivity contribution in [3.05, 3.63) is 60.2 Å². The van der Waals surface area contributed by atoms with E-state index in [-0.39, 0.29) is 0 Å². The van der Waals surface area contributed by atoms with Crippen LogP contribution in [0, 0.1) is 0 Å². The Kier molecular flexibility index (Phi) is 6.84. The van der Waals surface area contributed by atoms with Gasteiger partial charge >= 0.3 is 11.8 Å². The van der Waals surface area contributed by atoms with Crippen LogP contribution in [-0.2, 0) is 16.1 Å². The Balaban J connectivity index is 1.25. The third kappa shape index (κ3) is 5.62. The van der Waals surface area contributed by atoms with Crippen molar-refractivity contribution in [3.8, 4) is 0 Å². The second-order valence-electron chi connectivity index (χ2n) is 8.35. The van der Waals surface area contributed by atoms with Crippen molar-refractivity contribution in [2.75, 3.05) is 69.6 Å². The van der Waals surface area contributed by atoms with Gasteiger partial charge in [0.2, 0.25) is 0 Å². The number of nitrogens with zero attached hydrogens (tertiary/aromatic N) is 4. The quantitative estimate of drug-likeness (QED) is 0.762. The van der Waals surface area contributed by atoms with Crippen LogP contribution in [0.1, 0.15) is 5.56 Å². The van der Waals surface area contributed by atoms with Crippen LogP contribution in [0.4, 0.5) is 11.4 Å². The molecule has 7 nitrogen and oxygen atoms in total. The lowest BCUT2D eigenvalue weighted by Crippen LogP contribution is -2.51. The topological polar surface area (TPSA) is 59.1 Å². The molecule has 0 radical (unpaired) electrons. The number of piperazine rings is 2. The van der Waals surface area contributed by atoms with Crippen LogP contribution in [0.3, 0.4) is 0 Å². The van der Waals surface area contributed by atoms with Gasteiger partial charge in [-0.25, -0.2) is 0 Å². The second-order valence-corrected chi connectivity index (χ2v) is 8.35. The number of hydrogen-bond donors (Lipinski definition) is 1. The maximum Gasteiger partial charge on any atom is 0.313 e. The van der Waals surface area contributed by atoms with Crippen LogP contribution in [0.2, 0.25) is 0 Å². The average Bonchev–Trinajstić information content (AvgIpc) is 2.81. The smallest absolute Gasteiger partial charge is 0.313 e. The van der Waals surface area contributed by atoms with Gasteiger partial charge in [0.05, 0.1) is 0 Å². The molecule has 4 rings (SSSR count). The molecule has 1 N–H and O–H groups in total. The zero-order valence-corrected chi connectivity index (χ0v) is 18.2. The molecule has 2 amide bonds. The molecule has 2 fully saturated rings. The third-order valence-electron chi connectivity index (χ3n) is 6.10. The van der Waals surface area contributed by atoms with E-state index in [1.54, 1.807) is 4.90 Å². The number of amides is 2. The van der Waals surface area contributed by atoms with Crippen LogP contribution in [0.25, 0.3) is 0 Å². The van der Waals surface area contributed by atoms with Gasteiger partial charge in [0.1, 0.15) is 0 Å². The van der Waals surface area contributed by atoms with Crippen molar-refractivity contribution >= 4 is 23.2 Å². The van der Waals surface area contributed by atoms with E-state index >= 15 is 0 Å². The Morgan fingerprint density at radius 2 is 1.45 bits per heavy atom. The first-order chi connectivity index (χ1) is 15.1.